The SMILES string of the molecule is CCC(C)SC1c2cccc(NC(=O)O)c2OC1(C)C. The Labute approximate surface area is 123 Å². The zero-order chi connectivity index (χ0) is 14.9. The molecule has 0 aliphatic carbocycles. The molecule has 0 radical (unpaired) electrons. The van der Waals surface area contributed by atoms with Gasteiger partial charge in [0, 0.05) is 10.8 Å². The summed E-state index contributed by atoms with van der Waals surface area (Å²) in [5.41, 5.74) is 1.26. The summed E-state index contributed by atoms with van der Waals surface area (Å²) in [5, 5.41) is 12.1. The normalized spacial score (nSPS) is 20.9. The number of para-hydroxylation sites is 1. The van der Waals surface area contributed by atoms with E-state index in [0.717, 1.165) is 12.0 Å². The summed E-state index contributed by atoms with van der Waals surface area (Å²) in [6.07, 6.45) is 0.0254. The molecule has 1 aliphatic heterocycles. The van der Waals surface area contributed by atoms with E-state index in [9.17, 15) is 4.79 Å². The first-order valence-corrected chi connectivity index (χ1v) is 7.76. The maximum absolute atomic E-state index is 10.9. The lowest BCUT2D eigenvalue weighted by Crippen LogP contribution is -2.29. The Morgan fingerprint density at radius 1 is 1.55 bits per heavy atom. The molecule has 0 aromatic heterocycles. The number of carbonyl (C=O) groups is 1. The molecule has 2 unspecified atom stereocenters. The van der Waals surface area contributed by atoms with Gasteiger partial charge in [0.05, 0.1) is 10.9 Å². The molecule has 1 aliphatic rings. The van der Waals surface area contributed by atoms with Crippen LogP contribution in [0.4, 0.5) is 10.5 Å². The van der Waals surface area contributed by atoms with Gasteiger partial charge >= 0.3 is 6.09 Å². The van der Waals surface area contributed by atoms with Crippen molar-refractivity contribution in [2.24, 2.45) is 0 Å². The van der Waals surface area contributed by atoms with Gasteiger partial charge < -0.3 is 9.84 Å². The zero-order valence-corrected chi connectivity index (χ0v) is 13.1. The lowest BCUT2D eigenvalue weighted by Gasteiger charge is -2.27. The molecule has 0 fully saturated rings. The summed E-state index contributed by atoms with van der Waals surface area (Å²) in [5.74, 6) is 0.667. The van der Waals surface area contributed by atoms with Gasteiger partial charge in [0.25, 0.3) is 0 Å². The molecule has 1 heterocycles. The van der Waals surface area contributed by atoms with Gasteiger partial charge in [-0.2, -0.15) is 0 Å². The molecule has 0 bridgehead atoms. The molecule has 2 rings (SSSR count). The number of hydrogen-bond donors (Lipinski definition) is 2. The number of thioether (sulfide) groups is 1. The zero-order valence-electron chi connectivity index (χ0n) is 12.3. The Hall–Kier alpha value is -1.36. The van der Waals surface area contributed by atoms with Crippen molar-refractivity contribution in [2.45, 2.75) is 50.2 Å². The smallest absolute Gasteiger partial charge is 0.409 e. The van der Waals surface area contributed by atoms with Crippen molar-refractivity contribution in [1.82, 2.24) is 0 Å². The number of fused-ring (bicyclic) bond motifs is 1. The van der Waals surface area contributed by atoms with Gasteiger partial charge in [-0.05, 0) is 26.3 Å². The van der Waals surface area contributed by atoms with E-state index in [1.807, 2.05) is 23.9 Å². The van der Waals surface area contributed by atoms with E-state index in [-0.39, 0.29) is 10.9 Å². The van der Waals surface area contributed by atoms with Crippen LogP contribution in [0.1, 0.15) is 44.9 Å². The maximum atomic E-state index is 10.9. The molecule has 2 N–H and O–H groups in total. The quantitative estimate of drug-likeness (QED) is 0.857. The average Bonchev–Trinajstić information content (AvgIpc) is 2.61. The fourth-order valence-corrected chi connectivity index (χ4v) is 3.71. The van der Waals surface area contributed by atoms with E-state index in [0.29, 0.717) is 16.7 Å². The van der Waals surface area contributed by atoms with Crippen LogP contribution in [-0.4, -0.2) is 22.1 Å². The Kier molecular flexibility index (Phi) is 4.18. The molecule has 20 heavy (non-hydrogen) atoms. The predicted octanol–water partition coefficient (Wildman–Crippen LogP) is 4.52. The van der Waals surface area contributed by atoms with E-state index < -0.39 is 6.09 Å². The summed E-state index contributed by atoms with van der Waals surface area (Å²) in [7, 11) is 0. The second-order valence-corrected chi connectivity index (χ2v) is 7.14. The van der Waals surface area contributed by atoms with Gasteiger partial charge in [-0.1, -0.05) is 26.0 Å². The molecule has 0 saturated heterocycles. The second-order valence-electron chi connectivity index (χ2n) is 5.59. The Bertz CT molecular complexity index is 516. The lowest BCUT2D eigenvalue weighted by atomic mass is 10.0. The molecule has 5 heteroatoms. The molecule has 0 spiro atoms. The monoisotopic (exact) mass is 295 g/mol. The number of carboxylic acid groups (broad SMARTS) is 1. The first kappa shape index (κ1) is 15.0. The van der Waals surface area contributed by atoms with Gasteiger partial charge in [-0.3, -0.25) is 5.32 Å². The molecule has 1 aromatic carbocycles. The molecule has 1 aromatic rings. The van der Waals surface area contributed by atoms with Crippen LogP contribution in [0.3, 0.4) is 0 Å². The van der Waals surface area contributed by atoms with Gasteiger partial charge in [-0.15, -0.1) is 11.8 Å². The van der Waals surface area contributed by atoms with Crippen LogP contribution >= 0.6 is 11.8 Å². The maximum Gasteiger partial charge on any atom is 0.409 e. The van der Waals surface area contributed by atoms with Gasteiger partial charge in [-0.25, -0.2) is 4.79 Å². The number of nitrogens with one attached hydrogen (secondary N) is 1. The Morgan fingerprint density at radius 3 is 2.85 bits per heavy atom. The van der Waals surface area contributed by atoms with Crippen LogP contribution < -0.4 is 10.1 Å². The van der Waals surface area contributed by atoms with Crippen LogP contribution in [0, 0.1) is 0 Å². The van der Waals surface area contributed by atoms with Crippen molar-refractivity contribution in [1.29, 1.82) is 0 Å². The number of anilines is 1. The fraction of sp³-hybridized carbons (Fsp3) is 0.533. The Morgan fingerprint density at radius 2 is 2.25 bits per heavy atom. The highest BCUT2D eigenvalue weighted by Crippen LogP contribution is 2.54. The van der Waals surface area contributed by atoms with Gasteiger partial charge in [0.2, 0.25) is 0 Å². The van der Waals surface area contributed by atoms with E-state index >= 15 is 0 Å². The van der Waals surface area contributed by atoms with Crippen molar-refractivity contribution in [3.8, 4) is 5.75 Å². The van der Waals surface area contributed by atoms with Crippen molar-refractivity contribution >= 4 is 23.5 Å². The van der Waals surface area contributed by atoms with Crippen molar-refractivity contribution in [3.05, 3.63) is 23.8 Å². The molecule has 110 valence electrons. The van der Waals surface area contributed by atoms with E-state index in [1.54, 1.807) is 6.07 Å². The van der Waals surface area contributed by atoms with Crippen LogP contribution in [0.15, 0.2) is 18.2 Å². The minimum absolute atomic E-state index is 0.211. The molecule has 2 atom stereocenters. The summed E-state index contributed by atoms with van der Waals surface area (Å²) in [6, 6.07) is 5.63. The third-order valence-electron chi connectivity index (χ3n) is 3.51. The highest BCUT2D eigenvalue weighted by Gasteiger charge is 2.43. The number of ether oxygens (including phenoxy) is 1. The summed E-state index contributed by atoms with van der Waals surface area (Å²) >= 11 is 1.88. The second kappa shape index (κ2) is 5.56. The van der Waals surface area contributed by atoms with Crippen LogP contribution in [0.2, 0.25) is 0 Å². The van der Waals surface area contributed by atoms with Crippen molar-refractivity contribution in [2.75, 3.05) is 5.32 Å². The van der Waals surface area contributed by atoms with Crippen LogP contribution in [0.25, 0.3) is 0 Å². The largest absolute Gasteiger partial charge is 0.484 e. The molecule has 1 amide bonds. The van der Waals surface area contributed by atoms with Crippen molar-refractivity contribution in [3.63, 3.8) is 0 Å². The lowest BCUT2D eigenvalue weighted by molar-refractivity contribution is 0.136. The highest BCUT2D eigenvalue weighted by atomic mass is 32.2. The summed E-state index contributed by atoms with van der Waals surface area (Å²) < 4.78 is 6.04. The molecule has 0 saturated carbocycles. The summed E-state index contributed by atoms with van der Waals surface area (Å²) in [4.78, 5) is 10.9. The minimum Gasteiger partial charge on any atom is -0.484 e. The number of hydrogen-bond acceptors (Lipinski definition) is 3. The number of benzene rings is 1. The number of amides is 1. The van der Waals surface area contributed by atoms with E-state index in [4.69, 9.17) is 9.84 Å². The topological polar surface area (TPSA) is 58.6 Å². The van der Waals surface area contributed by atoms with E-state index in [1.165, 1.54) is 0 Å². The minimum atomic E-state index is -1.07. The molecule has 4 nitrogen and oxygen atoms in total. The average molecular weight is 295 g/mol. The predicted molar refractivity (Wildman–Crippen MR) is 82.9 cm³/mol. The van der Waals surface area contributed by atoms with Crippen LogP contribution in [0.5, 0.6) is 5.75 Å². The third-order valence-corrected chi connectivity index (χ3v) is 5.40. The molecular weight excluding hydrogens is 274 g/mol. The standard InChI is InChI=1S/C15H21NO3S/c1-5-9(2)20-13-10-7-6-8-11(16-14(17)18)12(10)19-15(13,3)4/h6-9,13,16H,5H2,1-4H3,(H,17,18). The first-order chi connectivity index (χ1) is 9.35. The summed E-state index contributed by atoms with van der Waals surface area (Å²) in [6.45, 7) is 8.48. The first-order valence-electron chi connectivity index (χ1n) is 6.82. The Balaban J connectivity index is 2.37. The van der Waals surface area contributed by atoms with Gasteiger partial charge in [0.15, 0.2) is 0 Å². The van der Waals surface area contributed by atoms with Gasteiger partial charge in [0.1, 0.15) is 11.4 Å². The third kappa shape index (κ3) is 2.87. The fourth-order valence-electron chi connectivity index (χ4n) is 2.35. The van der Waals surface area contributed by atoms with Crippen molar-refractivity contribution < 1.29 is 14.6 Å². The molecular formula is C15H21NO3S. The van der Waals surface area contributed by atoms with Crippen LogP contribution in [-0.2, 0) is 0 Å². The number of rotatable bonds is 4. The van der Waals surface area contributed by atoms with E-state index in [2.05, 4.69) is 33.0 Å². The highest BCUT2D eigenvalue weighted by molar-refractivity contribution is 8.00.